The van der Waals surface area contributed by atoms with Crippen molar-refractivity contribution in [1.82, 2.24) is 9.97 Å². The van der Waals surface area contributed by atoms with E-state index in [1.54, 1.807) is 19.4 Å². The van der Waals surface area contributed by atoms with E-state index in [2.05, 4.69) is 9.97 Å². The van der Waals surface area contributed by atoms with Gasteiger partial charge in [-0.2, -0.15) is 0 Å². The second-order valence-corrected chi connectivity index (χ2v) is 4.22. The number of hydrogen-bond acceptors (Lipinski definition) is 4. The van der Waals surface area contributed by atoms with Crippen LogP contribution in [-0.2, 0) is 17.8 Å². The first-order valence-corrected chi connectivity index (χ1v) is 6.19. The lowest BCUT2D eigenvalue weighted by Gasteiger charge is -2.06. The van der Waals surface area contributed by atoms with Gasteiger partial charge in [0, 0.05) is 18.0 Å². The Bertz CT molecular complexity index is 580. The van der Waals surface area contributed by atoms with Gasteiger partial charge in [0.15, 0.2) is 0 Å². The highest BCUT2D eigenvalue weighted by molar-refractivity contribution is 5.66. The van der Waals surface area contributed by atoms with Crippen molar-refractivity contribution in [2.24, 2.45) is 0 Å². The van der Waals surface area contributed by atoms with Crippen molar-refractivity contribution in [1.29, 1.82) is 0 Å². The van der Waals surface area contributed by atoms with Crippen LogP contribution in [0.3, 0.4) is 0 Å². The van der Waals surface area contributed by atoms with E-state index >= 15 is 0 Å². The van der Waals surface area contributed by atoms with Crippen LogP contribution >= 0.6 is 0 Å². The van der Waals surface area contributed by atoms with E-state index in [1.165, 1.54) is 0 Å². The van der Waals surface area contributed by atoms with Crippen molar-refractivity contribution in [3.63, 3.8) is 0 Å². The van der Waals surface area contributed by atoms with Crippen LogP contribution in [0.5, 0.6) is 11.5 Å². The van der Waals surface area contributed by atoms with Gasteiger partial charge in [0.2, 0.25) is 0 Å². The predicted octanol–water partition coefficient (Wildman–Crippen LogP) is 2.01. The van der Waals surface area contributed by atoms with Crippen molar-refractivity contribution in [3.8, 4) is 11.5 Å². The number of carbonyl (C=O) groups is 1. The highest BCUT2D eigenvalue weighted by atomic mass is 16.5. The number of nitrogens with one attached hydrogen (secondary N) is 1. The van der Waals surface area contributed by atoms with Gasteiger partial charge in [0.05, 0.1) is 13.5 Å². The Hall–Kier alpha value is -2.50. The largest absolute Gasteiger partial charge is 0.497 e. The summed E-state index contributed by atoms with van der Waals surface area (Å²) in [6.45, 7) is 0.292. The number of aryl methyl sites for hydroxylation is 1. The number of rotatable bonds is 7. The monoisotopic (exact) mass is 276 g/mol. The summed E-state index contributed by atoms with van der Waals surface area (Å²) >= 11 is 0. The van der Waals surface area contributed by atoms with Gasteiger partial charge in [-0.15, -0.1) is 0 Å². The second kappa shape index (κ2) is 6.60. The number of aliphatic carboxylic acids is 1. The van der Waals surface area contributed by atoms with E-state index in [0.29, 0.717) is 24.6 Å². The van der Waals surface area contributed by atoms with Gasteiger partial charge in [-0.3, -0.25) is 4.79 Å². The van der Waals surface area contributed by atoms with Crippen LogP contribution in [-0.4, -0.2) is 28.2 Å². The fourth-order valence-electron chi connectivity index (χ4n) is 1.69. The zero-order valence-corrected chi connectivity index (χ0v) is 11.1. The van der Waals surface area contributed by atoms with E-state index < -0.39 is 5.97 Å². The number of imidazole rings is 1. The summed E-state index contributed by atoms with van der Waals surface area (Å²) in [5.41, 5.74) is 0.789. The van der Waals surface area contributed by atoms with Crippen molar-refractivity contribution < 1.29 is 19.4 Å². The maximum atomic E-state index is 10.5. The van der Waals surface area contributed by atoms with E-state index in [-0.39, 0.29) is 6.42 Å². The average molecular weight is 276 g/mol. The normalized spacial score (nSPS) is 10.2. The van der Waals surface area contributed by atoms with Crippen molar-refractivity contribution >= 4 is 5.97 Å². The Morgan fingerprint density at radius 1 is 1.40 bits per heavy atom. The number of methoxy groups -OCH3 is 1. The molecule has 0 spiro atoms. The Morgan fingerprint density at radius 3 is 2.95 bits per heavy atom. The van der Waals surface area contributed by atoms with E-state index in [9.17, 15) is 4.79 Å². The third kappa shape index (κ3) is 4.01. The maximum absolute atomic E-state index is 10.5. The molecule has 0 fully saturated rings. The standard InChI is InChI=1S/C14H16N2O4/c1-19-11-3-2-4-12(7-11)20-9-13-15-8-10(16-13)5-6-14(17)18/h2-4,7-8H,5-6,9H2,1H3,(H,15,16)(H,17,18). The van der Waals surface area contributed by atoms with Gasteiger partial charge < -0.3 is 19.6 Å². The minimum absolute atomic E-state index is 0.0817. The molecule has 0 atom stereocenters. The number of aromatic nitrogens is 2. The van der Waals surface area contributed by atoms with Crippen LogP contribution in [0.15, 0.2) is 30.5 Å². The van der Waals surface area contributed by atoms with Gasteiger partial charge in [-0.1, -0.05) is 6.07 Å². The van der Waals surface area contributed by atoms with Crippen LogP contribution in [0, 0.1) is 0 Å². The molecule has 0 amide bonds. The molecule has 1 heterocycles. The first-order valence-electron chi connectivity index (χ1n) is 6.19. The summed E-state index contributed by atoms with van der Waals surface area (Å²) in [7, 11) is 1.60. The molecule has 0 saturated heterocycles. The summed E-state index contributed by atoms with van der Waals surface area (Å²) in [5, 5.41) is 8.61. The lowest BCUT2D eigenvalue weighted by molar-refractivity contribution is -0.136. The molecule has 0 unspecified atom stereocenters. The maximum Gasteiger partial charge on any atom is 0.303 e. The number of benzene rings is 1. The number of hydrogen-bond donors (Lipinski definition) is 2. The molecule has 0 bridgehead atoms. The fraction of sp³-hybridized carbons (Fsp3) is 0.286. The quantitative estimate of drug-likeness (QED) is 0.808. The van der Waals surface area contributed by atoms with Crippen LogP contribution in [0.25, 0.3) is 0 Å². The Kier molecular flexibility index (Phi) is 4.60. The van der Waals surface area contributed by atoms with E-state index in [4.69, 9.17) is 14.6 Å². The van der Waals surface area contributed by atoms with E-state index in [1.807, 2.05) is 18.2 Å². The van der Waals surface area contributed by atoms with Gasteiger partial charge in [-0.25, -0.2) is 4.98 Å². The summed E-state index contributed by atoms with van der Waals surface area (Å²) in [4.78, 5) is 17.7. The van der Waals surface area contributed by atoms with Crippen molar-refractivity contribution in [2.45, 2.75) is 19.4 Å². The number of nitrogens with zero attached hydrogens (tertiary/aromatic N) is 1. The molecule has 1 aromatic carbocycles. The molecule has 0 aliphatic rings. The molecule has 0 saturated carbocycles. The number of aromatic amines is 1. The van der Waals surface area contributed by atoms with Crippen molar-refractivity contribution in [2.75, 3.05) is 7.11 Å². The molecule has 6 heteroatoms. The van der Waals surface area contributed by atoms with E-state index in [0.717, 1.165) is 11.4 Å². The Morgan fingerprint density at radius 2 is 2.20 bits per heavy atom. The minimum atomic E-state index is -0.825. The molecule has 106 valence electrons. The fourth-order valence-corrected chi connectivity index (χ4v) is 1.69. The second-order valence-electron chi connectivity index (χ2n) is 4.22. The van der Waals surface area contributed by atoms with Crippen LogP contribution in [0.2, 0.25) is 0 Å². The topological polar surface area (TPSA) is 84.4 Å². The van der Waals surface area contributed by atoms with Crippen LogP contribution in [0.1, 0.15) is 17.9 Å². The molecular formula is C14H16N2O4. The lowest BCUT2D eigenvalue weighted by atomic mass is 10.2. The molecule has 2 N–H and O–H groups in total. The SMILES string of the molecule is COc1cccc(OCc2ncc(CCC(=O)O)[nH]2)c1. The smallest absolute Gasteiger partial charge is 0.303 e. The highest BCUT2D eigenvalue weighted by Crippen LogP contribution is 2.19. The number of carboxylic acid groups (broad SMARTS) is 1. The first-order chi connectivity index (χ1) is 9.67. The zero-order valence-electron chi connectivity index (χ0n) is 11.1. The third-order valence-corrected chi connectivity index (χ3v) is 2.71. The molecule has 0 aliphatic carbocycles. The van der Waals surface area contributed by atoms with Crippen LogP contribution < -0.4 is 9.47 Å². The molecule has 20 heavy (non-hydrogen) atoms. The molecule has 2 rings (SSSR count). The third-order valence-electron chi connectivity index (χ3n) is 2.71. The highest BCUT2D eigenvalue weighted by Gasteiger charge is 2.04. The summed E-state index contributed by atoms with van der Waals surface area (Å²) < 4.78 is 10.7. The molecular weight excluding hydrogens is 260 g/mol. The first kappa shape index (κ1) is 13.9. The van der Waals surface area contributed by atoms with Gasteiger partial charge >= 0.3 is 5.97 Å². The summed E-state index contributed by atoms with van der Waals surface area (Å²) in [5.74, 6) is 1.25. The Labute approximate surface area is 116 Å². The Balaban J connectivity index is 1.88. The number of carboxylic acids is 1. The van der Waals surface area contributed by atoms with Gasteiger partial charge in [-0.05, 0) is 18.6 Å². The average Bonchev–Trinajstić information content (AvgIpc) is 2.91. The lowest BCUT2D eigenvalue weighted by Crippen LogP contribution is -1.99. The zero-order chi connectivity index (χ0) is 14.4. The summed E-state index contributed by atoms with van der Waals surface area (Å²) in [6, 6.07) is 7.30. The molecule has 6 nitrogen and oxygen atoms in total. The molecule has 1 aromatic heterocycles. The van der Waals surface area contributed by atoms with Crippen molar-refractivity contribution in [3.05, 3.63) is 42.0 Å². The molecule has 0 aliphatic heterocycles. The van der Waals surface area contributed by atoms with Gasteiger partial charge in [0.1, 0.15) is 23.9 Å². The molecule has 0 radical (unpaired) electrons. The minimum Gasteiger partial charge on any atom is -0.497 e. The van der Waals surface area contributed by atoms with Gasteiger partial charge in [0.25, 0.3) is 0 Å². The number of ether oxygens (including phenoxy) is 2. The summed E-state index contributed by atoms with van der Waals surface area (Å²) in [6.07, 6.45) is 2.15. The molecule has 2 aromatic rings. The predicted molar refractivity (Wildman–Crippen MR) is 71.9 cm³/mol. The number of H-pyrrole nitrogens is 1. The van der Waals surface area contributed by atoms with Crippen LogP contribution in [0.4, 0.5) is 0 Å².